The second-order valence-corrected chi connectivity index (χ2v) is 5.72. The van der Waals surface area contributed by atoms with Crippen molar-refractivity contribution in [3.8, 4) is 5.75 Å². The molecule has 0 saturated heterocycles. The number of hydrogen-bond donors (Lipinski definition) is 1. The maximum Gasteiger partial charge on any atom is 0.342 e. The molecule has 0 radical (unpaired) electrons. The van der Waals surface area contributed by atoms with E-state index in [9.17, 15) is 14.7 Å². The molecule has 0 aromatic heterocycles. The van der Waals surface area contributed by atoms with Crippen molar-refractivity contribution in [3.05, 3.63) is 63.7 Å². The Bertz CT molecular complexity index is 775. The molecule has 2 aromatic carbocycles. The molecular formula is C19H20O4. The highest BCUT2D eigenvalue weighted by Crippen LogP contribution is 2.22. The first-order chi connectivity index (χ1) is 10.8. The van der Waals surface area contributed by atoms with Crippen molar-refractivity contribution in [1.82, 2.24) is 0 Å². The van der Waals surface area contributed by atoms with E-state index in [1.54, 1.807) is 19.1 Å². The molecule has 120 valence electrons. The number of ether oxygens (including phenoxy) is 1. The first-order valence-electron chi connectivity index (χ1n) is 7.38. The highest BCUT2D eigenvalue weighted by atomic mass is 16.5. The standard InChI is InChI=1S/C19H20O4/c1-11-6-5-7-15(18(11)21)19(22)23-10-17(20)16-9-13(3)12(2)8-14(16)4/h5-9,21H,10H2,1-4H3. The Morgan fingerprint density at radius 2 is 1.57 bits per heavy atom. The summed E-state index contributed by atoms with van der Waals surface area (Å²) in [6.45, 7) is 7.11. The van der Waals surface area contributed by atoms with Crippen LogP contribution >= 0.6 is 0 Å². The van der Waals surface area contributed by atoms with Crippen molar-refractivity contribution in [3.63, 3.8) is 0 Å². The molecule has 0 aliphatic rings. The summed E-state index contributed by atoms with van der Waals surface area (Å²) in [5.74, 6) is -1.08. The first kappa shape index (κ1) is 16.7. The van der Waals surface area contributed by atoms with Crippen molar-refractivity contribution in [1.29, 1.82) is 0 Å². The predicted molar refractivity (Wildman–Crippen MR) is 88.1 cm³/mol. The average molecular weight is 312 g/mol. The number of para-hydroxylation sites is 1. The van der Waals surface area contributed by atoms with E-state index in [-0.39, 0.29) is 23.7 Å². The molecule has 0 amide bonds. The Hall–Kier alpha value is -2.62. The third-order valence-electron chi connectivity index (χ3n) is 3.93. The van der Waals surface area contributed by atoms with Crippen molar-refractivity contribution in [2.75, 3.05) is 6.61 Å². The normalized spacial score (nSPS) is 10.4. The smallest absolute Gasteiger partial charge is 0.342 e. The average Bonchev–Trinajstić information content (AvgIpc) is 2.51. The van der Waals surface area contributed by atoms with Crippen LogP contribution in [0, 0.1) is 27.7 Å². The molecule has 0 spiro atoms. The lowest BCUT2D eigenvalue weighted by Gasteiger charge is -2.10. The van der Waals surface area contributed by atoms with Gasteiger partial charge in [0.05, 0.1) is 0 Å². The zero-order valence-electron chi connectivity index (χ0n) is 13.8. The van der Waals surface area contributed by atoms with Crippen LogP contribution in [-0.2, 0) is 4.74 Å². The van der Waals surface area contributed by atoms with Crippen LogP contribution in [0.3, 0.4) is 0 Å². The van der Waals surface area contributed by atoms with Crippen LogP contribution in [0.4, 0.5) is 0 Å². The van der Waals surface area contributed by atoms with E-state index >= 15 is 0 Å². The molecule has 0 atom stereocenters. The zero-order valence-corrected chi connectivity index (χ0v) is 13.8. The molecule has 4 nitrogen and oxygen atoms in total. The highest BCUT2D eigenvalue weighted by molar-refractivity contribution is 6.01. The van der Waals surface area contributed by atoms with Gasteiger partial charge in [-0.05, 0) is 62.1 Å². The second kappa shape index (κ2) is 6.65. The highest BCUT2D eigenvalue weighted by Gasteiger charge is 2.17. The molecule has 2 rings (SSSR count). The van der Waals surface area contributed by atoms with E-state index in [0.717, 1.165) is 16.7 Å². The number of Topliss-reactive ketones (excluding diaryl/α,β-unsaturated/α-hetero) is 1. The van der Waals surface area contributed by atoms with Gasteiger partial charge in [-0.2, -0.15) is 0 Å². The van der Waals surface area contributed by atoms with Crippen LogP contribution in [0.2, 0.25) is 0 Å². The summed E-state index contributed by atoms with van der Waals surface area (Å²) in [6.07, 6.45) is 0. The van der Waals surface area contributed by atoms with Gasteiger partial charge < -0.3 is 9.84 Å². The number of ketones is 1. The molecule has 0 aliphatic carbocycles. The molecule has 23 heavy (non-hydrogen) atoms. The summed E-state index contributed by atoms with van der Waals surface area (Å²) in [6, 6.07) is 8.56. The van der Waals surface area contributed by atoms with Crippen molar-refractivity contribution >= 4 is 11.8 Å². The first-order valence-corrected chi connectivity index (χ1v) is 7.38. The fourth-order valence-electron chi connectivity index (χ4n) is 2.37. The molecule has 2 aromatic rings. The number of esters is 1. The van der Waals surface area contributed by atoms with E-state index in [0.29, 0.717) is 11.1 Å². The number of phenolic OH excluding ortho intramolecular Hbond substituents is 1. The summed E-state index contributed by atoms with van der Waals surface area (Å²) < 4.78 is 5.06. The number of benzene rings is 2. The van der Waals surface area contributed by atoms with Gasteiger partial charge in [0.2, 0.25) is 5.78 Å². The van der Waals surface area contributed by atoms with Crippen molar-refractivity contribution in [2.45, 2.75) is 27.7 Å². The Balaban J connectivity index is 2.12. The lowest BCUT2D eigenvalue weighted by Crippen LogP contribution is -2.15. The van der Waals surface area contributed by atoms with Gasteiger partial charge in [-0.25, -0.2) is 4.79 Å². The van der Waals surface area contributed by atoms with E-state index in [4.69, 9.17) is 4.74 Å². The van der Waals surface area contributed by atoms with E-state index in [2.05, 4.69) is 0 Å². The molecule has 0 aliphatic heterocycles. The van der Waals surface area contributed by atoms with Crippen LogP contribution in [-0.4, -0.2) is 23.5 Å². The zero-order chi connectivity index (χ0) is 17.1. The minimum atomic E-state index is -0.707. The molecular weight excluding hydrogens is 292 g/mol. The molecule has 0 fully saturated rings. The van der Waals surface area contributed by atoms with Gasteiger partial charge in [0.15, 0.2) is 6.61 Å². The lowest BCUT2D eigenvalue weighted by atomic mass is 9.98. The molecule has 4 heteroatoms. The number of aryl methyl sites for hydroxylation is 4. The van der Waals surface area contributed by atoms with Gasteiger partial charge >= 0.3 is 5.97 Å². The quantitative estimate of drug-likeness (QED) is 0.691. The minimum absolute atomic E-state index is 0.0645. The largest absolute Gasteiger partial charge is 0.507 e. The van der Waals surface area contributed by atoms with Crippen molar-refractivity contribution < 1.29 is 19.4 Å². The maximum atomic E-state index is 12.3. The maximum absolute atomic E-state index is 12.3. The van der Waals surface area contributed by atoms with Crippen LogP contribution in [0.15, 0.2) is 30.3 Å². The predicted octanol–water partition coefficient (Wildman–Crippen LogP) is 3.67. The van der Waals surface area contributed by atoms with E-state index < -0.39 is 5.97 Å². The van der Waals surface area contributed by atoms with E-state index in [1.165, 1.54) is 6.07 Å². The topological polar surface area (TPSA) is 63.6 Å². The monoisotopic (exact) mass is 312 g/mol. The fraction of sp³-hybridized carbons (Fsp3) is 0.263. The fourth-order valence-corrected chi connectivity index (χ4v) is 2.37. The third kappa shape index (κ3) is 3.59. The second-order valence-electron chi connectivity index (χ2n) is 5.72. The van der Waals surface area contributed by atoms with Crippen LogP contribution in [0.25, 0.3) is 0 Å². The van der Waals surface area contributed by atoms with Crippen LogP contribution in [0.5, 0.6) is 5.75 Å². The number of phenols is 1. The Morgan fingerprint density at radius 3 is 2.26 bits per heavy atom. The molecule has 0 unspecified atom stereocenters. The molecule has 0 heterocycles. The number of carbonyl (C=O) groups is 2. The van der Waals surface area contributed by atoms with Gasteiger partial charge in [0.25, 0.3) is 0 Å². The molecule has 0 bridgehead atoms. The molecule has 0 saturated carbocycles. The number of rotatable bonds is 4. The summed E-state index contributed by atoms with van der Waals surface area (Å²) in [5, 5.41) is 9.88. The van der Waals surface area contributed by atoms with Gasteiger partial charge in [-0.3, -0.25) is 4.79 Å². The minimum Gasteiger partial charge on any atom is -0.507 e. The lowest BCUT2D eigenvalue weighted by molar-refractivity contribution is 0.0471. The van der Waals surface area contributed by atoms with Crippen LogP contribution in [0.1, 0.15) is 43.0 Å². The number of carbonyl (C=O) groups excluding carboxylic acids is 2. The SMILES string of the molecule is Cc1cc(C)c(C(=O)COC(=O)c2cccc(C)c2O)cc1C. The third-order valence-corrected chi connectivity index (χ3v) is 3.93. The van der Waals surface area contributed by atoms with Gasteiger partial charge in [-0.15, -0.1) is 0 Å². The van der Waals surface area contributed by atoms with E-state index in [1.807, 2.05) is 32.9 Å². The number of aromatic hydroxyl groups is 1. The van der Waals surface area contributed by atoms with Gasteiger partial charge in [0, 0.05) is 5.56 Å². The Labute approximate surface area is 135 Å². The number of hydrogen-bond acceptors (Lipinski definition) is 4. The summed E-state index contributed by atoms with van der Waals surface area (Å²) >= 11 is 0. The Kier molecular flexibility index (Phi) is 4.84. The van der Waals surface area contributed by atoms with Gasteiger partial charge in [-0.1, -0.05) is 18.2 Å². The van der Waals surface area contributed by atoms with Gasteiger partial charge in [0.1, 0.15) is 11.3 Å². The van der Waals surface area contributed by atoms with Crippen LogP contribution < -0.4 is 0 Å². The summed E-state index contributed by atoms with van der Waals surface area (Å²) in [7, 11) is 0. The van der Waals surface area contributed by atoms with Crippen molar-refractivity contribution in [2.24, 2.45) is 0 Å². The molecule has 1 N–H and O–H groups in total. The summed E-state index contributed by atoms with van der Waals surface area (Å²) in [4.78, 5) is 24.3. The Morgan fingerprint density at radius 1 is 0.913 bits per heavy atom. The summed E-state index contributed by atoms with van der Waals surface area (Å²) in [5.41, 5.74) is 4.18.